The molecule has 2 aromatic carbocycles. The second-order valence-corrected chi connectivity index (χ2v) is 9.49. The lowest BCUT2D eigenvalue weighted by atomic mass is 10.1. The quantitative estimate of drug-likeness (QED) is 0.546. The van der Waals surface area contributed by atoms with Crippen LogP contribution in [0.15, 0.2) is 53.4 Å². The highest BCUT2D eigenvalue weighted by Gasteiger charge is 2.19. The minimum absolute atomic E-state index is 0.217. The van der Waals surface area contributed by atoms with Gasteiger partial charge in [-0.05, 0) is 29.7 Å². The molecule has 0 fully saturated rings. The summed E-state index contributed by atoms with van der Waals surface area (Å²) in [6.07, 6.45) is 1.15. The first-order chi connectivity index (χ1) is 12.9. The summed E-state index contributed by atoms with van der Waals surface area (Å²) in [5, 5.41) is 7.19. The Kier molecular flexibility index (Phi) is 4.46. The molecule has 4 rings (SSSR count). The average molecular weight is 417 g/mol. The molecule has 0 aliphatic heterocycles. The molecule has 0 aliphatic rings. The number of hydrogen-bond donors (Lipinski definition) is 1. The number of thiazole rings is 1. The molecule has 10 heteroatoms. The van der Waals surface area contributed by atoms with Crippen LogP contribution in [0, 0.1) is 0 Å². The van der Waals surface area contributed by atoms with Crippen molar-refractivity contribution in [2.24, 2.45) is 0 Å². The van der Waals surface area contributed by atoms with Gasteiger partial charge in [0, 0.05) is 11.8 Å². The van der Waals surface area contributed by atoms with Crippen LogP contribution in [0.5, 0.6) is 0 Å². The van der Waals surface area contributed by atoms with E-state index in [1.165, 1.54) is 17.4 Å². The summed E-state index contributed by atoms with van der Waals surface area (Å²) in [6, 6.07) is 14.0. The van der Waals surface area contributed by atoms with Crippen LogP contribution >= 0.6 is 22.9 Å². The number of hydrogen-bond acceptors (Lipinski definition) is 8. The van der Waals surface area contributed by atoms with Crippen molar-refractivity contribution in [3.63, 3.8) is 0 Å². The first-order valence-electron chi connectivity index (χ1n) is 7.71. The number of aromatic nitrogens is 3. The molecule has 0 spiro atoms. The number of sulfone groups is 1. The van der Waals surface area contributed by atoms with Crippen LogP contribution in [-0.2, 0) is 9.84 Å². The lowest BCUT2D eigenvalue weighted by molar-refractivity contribution is 0.103. The molecular weight excluding hydrogens is 404 g/mol. The molecule has 0 aliphatic carbocycles. The maximum Gasteiger partial charge on any atom is 0.271 e. The van der Waals surface area contributed by atoms with E-state index < -0.39 is 9.84 Å². The van der Waals surface area contributed by atoms with Gasteiger partial charge in [0.05, 0.1) is 15.1 Å². The molecule has 27 heavy (non-hydrogen) atoms. The molecule has 1 N–H and O–H groups in total. The zero-order chi connectivity index (χ0) is 19.0. The zero-order valence-corrected chi connectivity index (χ0v) is 16.4. The SMILES string of the molecule is CS(=O)(=O)c1ccc2nc(NC(=O)c3snnc3-c3ccccc3)sc2c1. The molecule has 1 amide bonds. The van der Waals surface area contributed by atoms with Crippen molar-refractivity contribution in [3.8, 4) is 11.3 Å². The molecule has 136 valence electrons. The van der Waals surface area contributed by atoms with Crippen molar-refractivity contribution in [2.45, 2.75) is 4.90 Å². The topological polar surface area (TPSA) is 102 Å². The second-order valence-electron chi connectivity index (χ2n) is 5.69. The number of benzene rings is 2. The van der Waals surface area contributed by atoms with Crippen molar-refractivity contribution in [3.05, 3.63) is 53.4 Å². The lowest BCUT2D eigenvalue weighted by Gasteiger charge is -2.01. The summed E-state index contributed by atoms with van der Waals surface area (Å²) < 4.78 is 28.0. The maximum atomic E-state index is 12.7. The minimum atomic E-state index is -3.30. The van der Waals surface area contributed by atoms with E-state index in [1.54, 1.807) is 12.1 Å². The summed E-state index contributed by atoms with van der Waals surface area (Å²) in [5.74, 6) is -0.355. The largest absolute Gasteiger partial charge is 0.297 e. The molecule has 0 bridgehead atoms. The van der Waals surface area contributed by atoms with Gasteiger partial charge < -0.3 is 0 Å². The normalized spacial score (nSPS) is 11.6. The Balaban J connectivity index is 1.63. The molecule has 0 unspecified atom stereocenters. The van der Waals surface area contributed by atoms with Gasteiger partial charge in [0.1, 0.15) is 10.6 Å². The Hall–Kier alpha value is -2.69. The van der Waals surface area contributed by atoms with Gasteiger partial charge in [0.15, 0.2) is 15.0 Å². The van der Waals surface area contributed by atoms with Gasteiger partial charge >= 0.3 is 0 Å². The van der Waals surface area contributed by atoms with Crippen molar-refractivity contribution in [2.75, 3.05) is 11.6 Å². The van der Waals surface area contributed by atoms with Crippen LogP contribution in [0.2, 0.25) is 0 Å². The highest BCUT2D eigenvalue weighted by molar-refractivity contribution is 7.90. The van der Waals surface area contributed by atoms with Crippen LogP contribution < -0.4 is 5.32 Å². The Morgan fingerprint density at radius 1 is 1.11 bits per heavy atom. The highest BCUT2D eigenvalue weighted by atomic mass is 32.2. The van der Waals surface area contributed by atoms with Crippen molar-refractivity contribution < 1.29 is 13.2 Å². The summed E-state index contributed by atoms with van der Waals surface area (Å²) in [5.41, 5.74) is 1.94. The molecule has 4 aromatic rings. The van der Waals surface area contributed by atoms with E-state index in [-0.39, 0.29) is 10.8 Å². The highest BCUT2D eigenvalue weighted by Crippen LogP contribution is 2.30. The van der Waals surface area contributed by atoms with Gasteiger partial charge in [0.25, 0.3) is 5.91 Å². The molecule has 0 saturated carbocycles. The fourth-order valence-electron chi connectivity index (χ4n) is 2.47. The smallest absolute Gasteiger partial charge is 0.271 e. The maximum absolute atomic E-state index is 12.7. The number of fused-ring (bicyclic) bond motifs is 1. The van der Waals surface area contributed by atoms with E-state index in [0.29, 0.717) is 25.9 Å². The standard InChI is InChI=1S/C17H12N4O3S3/c1-27(23,24)11-7-8-12-13(9-11)25-17(18-12)19-16(22)15-14(20-21-26-15)10-5-3-2-4-6-10/h2-9H,1H3,(H,18,19,22). The molecule has 2 heterocycles. The summed E-state index contributed by atoms with van der Waals surface area (Å²) >= 11 is 2.22. The lowest BCUT2D eigenvalue weighted by Crippen LogP contribution is -2.11. The summed E-state index contributed by atoms with van der Waals surface area (Å²) in [4.78, 5) is 17.6. The van der Waals surface area contributed by atoms with E-state index in [2.05, 4.69) is 19.9 Å². The molecule has 0 saturated heterocycles. The third-order valence-electron chi connectivity index (χ3n) is 3.75. The Morgan fingerprint density at radius 3 is 2.63 bits per heavy atom. The van der Waals surface area contributed by atoms with Crippen molar-refractivity contribution in [1.82, 2.24) is 14.6 Å². The Morgan fingerprint density at radius 2 is 1.89 bits per heavy atom. The molecule has 7 nitrogen and oxygen atoms in total. The summed E-state index contributed by atoms with van der Waals surface area (Å²) in [7, 11) is -3.30. The molecule has 2 aromatic heterocycles. The minimum Gasteiger partial charge on any atom is -0.297 e. The van der Waals surface area contributed by atoms with Crippen LogP contribution in [0.25, 0.3) is 21.5 Å². The number of amides is 1. The fourth-order valence-corrected chi connectivity index (χ4v) is 4.67. The number of carbonyl (C=O) groups is 1. The number of anilines is 1. The van der Waals surface area contributed by atoms with E-state index >= 15 is 0 Å². The fraction of sp³-hybridized carbons (Fsp3) is 0.0588. The van der Waals surface area contributed by atoms with Crippen LogP contribution in [-0.4, -0.2) is 35.2 Å². The third kappa shape index (κ3) is 3.59. The molecule has 0 atom stereocenters. The number of rotatable bonds is 4. The Bertz CT molecular complexity index is 1250. The van der Waals surface area contributed by atoms with Gasteiger partial charge in [-0.25, -0.2) is 13.4 Å². The monoisotopic (exact) mass is 416 g/mol. The first-order valence-corrected chi connectivity index (χ1v) is 11.2. The predicted octanol–water partition coefficient (Wildman–Crippen LogP) is 3.47. The van der Waals surface area contributed by atoms with Gasteiger partial charge in [-0.1, -0.05) is 46.2 Å². The van der Waals surface area contributed by atoms with Gasteiger partial charge in [-0.15, -0.1) is 5.10 Å². The van der Waals surface area contributed by atoms with Crippen LogP contribution in [0.3, 0.4) is 0 Å². The Labute approximate surface area is 162 Å². The molecule has 0 radical (unpaired) electrons. The van der Waals surface area contributed by atoms with E-state index in [4.69, 9.17) is 0 Å². The average Bonchev–Trinajstić information content (AvgIpc) is 3.27. The number of nitrogens with one attached hydrogen (secondary N) is 1. The zero-order valence-electron chi connectivity index (χ0n) is 13.9. The third-order valence-corrected chi connectivity index (χ3v) is 6.52. The van der Waals surface area contributed by atoms with E-state index in [9.17, 15) is 13.2 Å². The van der Waals surface area contributed by atoms with Crippen LogP contribution in [0.1, 0.15) is 9.67 Å². The molecular formula is C17H12N4O3S3. The number of nitrogens with zero attached hydrogens (tertiary/aromatic N) is 3. The van der Waals surface area contributed by atoms with Gasteiger partial charge in [0.2, 0.25) is 0 Å². The second kappa shape index (κ2) is 6.80. The van der Waals surface area contributed by atoms with Gasteiger partial charge in [-0.2, -0.15) is 0 Å². The number of carbonyl (C=O) groups excluding carboxylic acids is 1. The first kappa shape index (κ1) is 17.7. The van der Waals surface area contributed by atoms with Crippen molar-refractivity contribution in [1.29, 1.82) is 0 Å². The van der Waals surface area contributed by atoms with E-state index in [1.807, 2.05) is 30.3 Å². The summed E-state index contributed by atoms with van der Waals surface area (Å²) in [6.45, 7) is 0. The van der Waals surface area contributed by atoms with Crippen molar-refractivity contribution >= 4 is 54.0 Å². The van der Waals surface area contributed by atoms with E-state index in [0.717, 1.165) is 23.4 Å². The van der Waals surface area contributed by atoms with Crippen LogP contribution in [0.4, 0.5) is 5.13 Å². The predicted molar refractivity (Wildman–Crippen MR) is 106 cm³/mol. The van der Waals surface area contributed by atoms with Gasteiger partial charge in [-0.3, -0.25) is 10.1 Å².